The maximum absolute atomic E-state index is 5.69. The molecule has 0 amide bonds. The highest BCUT2D eigenvalue weighted by atomic mass is 32.1. The van der Waals surface area contributed by atoms with Crippen LogP contribution >= 0.6 is 11.3 Å². The maximum Gasteiger partial charge on any atom is 0.205 e. The average molecular weight is 231 g/mol. The number of nitrogens with one attached hydrogen (secondary N) is 1. The monoisotopic (exact) mass is 231 g/mol. The van der Waals surface area contributed by atoms with Crippen molar-refractivity contribution in [2.75, 3.05) is 12.4 Å². The van der Waals surface area contributed by atoms with Gasteiger partial charge in [0.1, 0.15) is 5.58 Å². The number of benzene rings is 1. The number of hydrogen-bond acceptors (Lipinski definition) is 5. The summed E-state index contributed by atoms with van der Waals surface area (Å²) in [4.78, 5) is 0. The minimum atomic E-state index is 0.764. The van der Waals surface area contributed by atoms with Crippen molar-refractivity contribution in [1.82, 2.24) is 10.2 Å². The first-order chi connectivity index (χ1) is 7.86. The molecule has 16 heavy (non-hydrogen) atoms. The molecule has 1 N–H and O–H groups in total. The van der Waals surface area contributed by atoms with Gasteiger partial charge in [-0.1, -0.05) is 29.5 Å². The summed E-state index contributed by atoms with van der Waals surface area (Å²) < 4.78 is 5.69. The highest BCUT2D eigenvalue weighted by molar-refractivity contribution is 7.18. The van der Waals surface area contributed by atoms with Crippen molar-refractivity contribution in [3.05, 3.63) is 30.3 Å². The van der Waals surface area contributed by atoms with Crippen LogP contribution in [0.25, 0.3) is 21.7 Å². The lowest BCUT2D eigenvalue weighted by molar-refractivity contribution is 0.630. The molecule has 80 valence electrons. The molecule has 0 saturated heterocycles. The van der Waals surface area contributed by atoms with E-state index in [1.165, 1.54) is 11.3 Å². The zero-order chi connectivity index (χ0) is 11.0. The predicted molar refractivity (Wildman–Crippen MR) is 64.7 cm³/mol. The van der Waals surface area contributed by atoms with E-state index >= 15 is 0 Å². The summed E-state index contributed by atoms with van der Waals surface area (Å²) in [6.45, 7) is 0. The Morgan fingerprint density at radius 2 is 2.12 bits per heavy atom. The molecule has 2 heterocycles. The lowest BCUT2D eigenvalue weighted by atomic mass is 10.2. The zero-order valence-corrected chi connectivity index (χ0v) is 9.41. The lowest BCUT2D eigenvalue weighted by Gasteiger charge is -1.86. The van der Waals surface area contributed by atoms with E-state index < -0.39 is 0 Å². The third-order valence-electron chi connectivity index (χ3n) is 2.28. The molecule has 0 unspecified atom stereocenters. The van der Waals surface area contributed by atoms with Crippen molar-refractivity contribution in [3.63, 3.8) is 0 Å². The Hall–Kier alpha value is -1.88. The molecule has 0 bridgehead atoms. The van der Waals surface area contributed by atoms with Gasteiger partial charge in [-0.3, -0.25) is 0 Å². The predicted octanol–water partition coefficient (Wildman–Crippen LogP) is 2.99. The quantitative estimate of drug-likeness (QED) is 0.736. The fraction of sp³-hybridized carbons (Fsp3) is 0.0909. The van der Waals surface area contributed by atoms with Crippen LogP contribution in [-0.2, 0) is 0 Å². The van der Waals surface area contributed by atoms with Crippen LogP contribution in [-0.4, -0.2) is 17.2 Å². The van der Waals surface area contributed by atoms with E-state index in [0.717, 1.165) is 26.9 Å². The van der Waals surface area contributed by atoms with Gasteiger partial charge in [0.25, 0.3) is 0 Å². The lowest BCUT2D eigenvalue weighted by Crippen LogP contribution is -1.84. The highest BCUT2D eigenvalue weighted by Crippen LogP contribution is 2.30. The van der Waals surface area contributed by atoms with Crippen molar-refractivity contribution in [1.29, 1.82) is 0 Å². The van der Waals surface area contributed by atoms with Crippen LogP contribution in [0.4, 0.5) is 5.13 Å². The van der Waals surface area contributed by atoms with E-state index in [0.29, 0.717) is 0 Å². The van der Waals surface area contributed by atoms with Crippen LogP contribution < -0.4 is 5.32 Å². The minimum absolute atomic E-state index is 0.764. The van der Waals surface area contributed by atoms with E-state index in [4.69, 9.17) is 4.42 Å². The highest BCUT2D eigenvalue weighted by Gasteiger charge is 2.10. The Labute approximate surface area is 95.9 Å². The van der Waals surface area contributed by atoms with E-state index in [-0.39, 0.29) is 0 Å². The third-order valence-corrected chi connectivity index (χ3v) is 3.23. The largest absolute Gasteiger partial charge is 0.453 e. The molecule has 0 aliphatic rings. The molecule has 3 aromatic rings. The third kappa shape index (κ3) is 1.45. The number of para-hydroxylation sites is 1. The fourth-order valence-electron chi connectivity index (χ4n) is 1.51. The topological polar surface area (TPSA) is 51.0 Å². The zero-order valence-electron chi connectivity index (χ0n) is 8.60. The first kappa shape index (κ1) is 9.35. The van der Waals surface area contributed by atoms with Gasteiger partial charge < -0.3 is 9.73 Å². The summed E-state index contributed by atoms with van der Waals surface area (Å²) in [6, 6.07) is 9.88. The number of aromatic nitrogens is 2. The fourth-order valence-corrected chi connectivity index (χ4v) is 2.16. The first-order valence-electron chi connectivity index (χ1n) is 4.87. The molecular formula is C11H9N3OS. The van der Waals surface area contributed by atoms with Crippen molar-refractivity contribution in [3.8, 4) is 10.8 Å². The number of nitrogens with zero attached hydrogens (tertiary/aromatic N) is 2. The van der Waals surface area contributed by atoms with E-state index in [2.05, 4.69) is 15.5 Å². The molecule has 0 fully saturated rings. The van der Waals surface area contributed by atoms with E-state index in [1.807, 2.05) is 37.4 Å². The van der Waals surface area contributed by atoms with Gasteiger partial charge in [0.2, 0.25) is 5.13 Å². The molecule has 0 atom stereocenters. The summed E-state index contributed by atoms with van der Waals surface area (Å²) >= 11 is 1.47. The molecule has 4 nitrogen and oxygen atoms in total. The number of hydrogen-bond donors (Lipinski definition) is 1. The molecule has 0 spiro atoms. The maximum atomic E-state index is 5.69. The standard InChI is InChI=1S/C11H9N3OS/c1-12-11-14-13-10(16-11)9-6-7-4-2-3-5-8(7)15-9/h2-6H,1H3,(H,12,14). The van der Waals surface area contributed by atoms with Crippen molar-refractivity contribution < 1.29 is 4.42 Å². The van der Waals surface area contributed by atoms with Gasteiger partial charge in [-0.15, -0.1) is 10.2 Å². The molecule has 0 aliphatic carbocycles. The van der Waals surface area contributed by atoms with Crippen molar-refractivity contribution >= 4 is 27.4 Å². The van der Waals surface area contributed by atoms with Crippen LogP contribution in [0.15, 0.2) is 34.7 Å². The summed E-state index contributed by atoms with van der Waals surface area (Å²) in [5.41, 5.74) is 0.874. The second-order valence-corrected chi connectivity index (χ2v) is 4.29. The summed E-state index contributed by atoms with van der Waals surface area (Å²) in [7, 11) is 1.82. The van der Waals surface area contributed by atoms with Gasteiger partial charge >= 0.3 is 0 Å². The van der Waals surface area contributed by atoms with Gasteiger partial charge in [0.15, 0.2) is 10.8 Å². The smallest absolute Gasteiger partial charge is 0.205 e. The SMILES string of the molecule is CNc1nnc(-c2cc3ccccc3o2)s1. The van der Waals surface area contributed by atoms with Crippen molar-refractivity contribution in [2.45, 2.75) is 0 Å². The van der Waals surface area contributed by atoms with Gasteiger partial charge in [-0.25, -0.2) is 0 Å². The Morgan fingerprint density at radius 3 is 2.88 bits per heavy atom. The second-order valence-electron chi connectivity index (χ2n) is 3.31. The summed E-state index contributed by atoms with van der Waals surface area (Å²) in [5, 5.41) is 13.7. The van der Waals surface area contributed by atoms with E-state index in [9.17, 15) is 0 Å². The molecule has 0 aliphatic heterocycles. The van der Waals surface area contributed by atoms with Gasteiger partial charge in [-0.05, 0) is 12.1 Å². The minimum Gasteiger partial charge on any atom is -0.453 e. The normalized spacial score (nSPS) is 10.8. The second kappa shape index (κ2) is 3.61. The molecule has 2 aromatic heterocycles. The van der Waals surface area contributed by atoms with Crippen LogP contribution in [0, 0.1) is 0 Å². The van der Waals surface area contributed by atoms with Gasteiger partial charge in [0, 0.05) is 12.4 Å². The Balaban J connectivity index is 2.11. The van der Waals surface area contributed by atoms with Gasteiger partial charge in [-0.2, -0.15) is 0 Å². The Morgan fingerprint density at radius 1 is 1.25 bits per heavy atom. The van der Waals surface area contributed by atoms with E-state index in [1.54, 1.807) is 0 Å². The van der Waals surface area contributed by atoms with Crippen LogP contribution in [0.1, 0.15) is 0 Å². The molecule has 5 heteroatoms. The van der Waals surface area contributed by atoms with Crippen LogP contribution in [0.2, 0.25) is 0 Å². The molecule has 1 aromatic carbocycles. The summed E-state index contributed by atoms with van der Waals surface area (Å²) in [6.07, 6.45) is 0. The number of anilines is 1. The number of furan rings is 1. The van der Waals surface area contributed by atoms with Gasteiger partial charge in [0.05, 0.1) is 0 Å². The number of rotatable bonds is 2. The van der Waals surface area contributed by atoms with Crippen LogP contribution in [0.5, 0.6) is 0 Å². The van der Waals surface area contributed by atoms with Crippen LogP contribution in [0.3, 0.4) is 0 Å². The van der Waals surface area contributed by atoms with Crippen molar-refractivity contribution in [2.24, 2.45) is 0 Å². The first-order valence-corrected chi connectivity index (χ1v) is 5.68. The molecule has 3 rings (SSSR count). The molecule has 0 radical (unpaired) electrons. The summed E-state index contributed by atoms with van der Waals surface area (Å²) in [5.74, 6) is 0.764. The number of fused-ring (bicyclic) bond motifs is 1. The average Bonchev–Trinajstić information content (AvgIpc) is 2.95. The molecular weight excluding hydrogens is 222 g/mol. The molecule has 0 saturated carbocycles. The Bertz CT molecular complexity index is 596. The Kier molecular flexibility index (Phi) is 2.11.